The number of aliphatic carboxylic acids is 1. The monoisotopic (exact) mass is 475 g/mol. The number of carbonyl (C=O) groups is 1. The van der Waals surface area contributed by atoms with Crippen molar-refractivity contribution in [3.63, 3.8) is 0 Å². The van der Waals surface area contributed by atoms with Crippen LogP contribution in [0.5, 0.6) is 0 Å². The third-order valence-electron chi connectivity index (χ3n) is 7.49. The van der Waals surface area contributed by atoms with E-state index in [1.807, 2.05) is 12.4 Å². The lowest BCUT2D eigenvalue weighted by molar-refractivity contribution is -0.139. The van der Waals surface area contributed by atoms with Crippen molar-refractivity contribution in [2.24, 2.45) is 11.8 Å². The molecular formula is C26H32F3N3O2. The zero-order valence-electron chi connectivity index (χ0n) is 19.3. The minimum atomic E-state index is -4.38. The van der Waals surface area contributed by atoms with Gasteiger partial charge in [0.25, 0.3) is 0 Å². The van der Waals surface area contributed by atoms with E-state index in [1.54, 1.807) is 12.1 Å². The summed E-state index contributed by atoms with van der Waals surface area (Å²) in [4.78, 5) is 22.2. The third-order valence-corrected chi connectivity index (χ3v) is 7.49. The molecule has 3 unspecified atom stereocenters. The van der Waals surface area contributed by atoms with Crippen molar-refractivity contribution in [3.05, 3.63) is 59.7 Å². The van der Waals surface area contributed by atoms with Crippen LogP contribution in [0, 0.1) is 11.8 Å². The summed E-state index contributed by atoms with van der Waals surface area (Å²) in [6.07, 6.45) is 8.02. The van der Waals surface area contributed by atoms with Crippen LogP contribution in [-0.2, 0) is 17.5 Å². The van der Waals surface area contributed by atoms with E-state index in [-0.39, 0.29) is 24.3 Å². The standard InChI is InChI=1S/C26H32F3N3O2/c27-26(28,29)22-8-6-21(7-9-22)23-11-19(12-25(33)34)5-10-24(23)32(15-18-3-1-2-4-18)16-20-13-30-17-31-14-20/h6-9,13-14,17-19,23-24H,1-5,10-12,15-16H2,(H,33,34). The van der Waals surface area contributed by atoms with Gasteiger partial charge in [0.05, 0.1) is 5.56 Å². The number of hydrogen-bond acceptors (Lipinski definition) is 4. The second-order valence-electron chi connectivity index (χ2n) is 9.90. The number of alkyl halides is 3. The fraction of sp³-hybridized carbons (Fsp3) is 0.577. The average molecular weight is 476 g/mol. The molecular weight excluding hydrogens is 443 g/mol. The zero-order valence-corrected chi connectivity index (χ0v) is 19.3. The highest BCUT2D eigenvalue weighted by molar-refractivity contribution is 5.67. The van der Waals surface area contributed by atoms with Crippen molar-refractivity contribution in [1.29, 1.82) is 0 Å². The number of nitrogens with zero attached hydrogens (tertiary/aromatic N) is 3. The summed E-state index contributed by atoms with van der Waals surface area (Å²) in [5, 5.41) is 9.36. The predicted octanol–water partition coefficient (Wildman–Crippen LogP) is 5.91. The molecule has 3 atom stereocenters. The Bertz CT molecular complexity index is 931. The first-order chi connectivity index (χ1) is 16.3. The van der Waals surface area contributed by atoms with Crippen LogP contribution >= 0.6 is 0 Å². The SMILES string of the molecule is O=C(O)CC1CCC(N(Cc2cncnc2)CC2CCCC2)C(c2ccc(C(F)(F)F)cc2)C1. The molecule has 1 N–H and O–H groups in total. The summed E-state index contributed by atoms with van der Waals surface area (Å²) < 4.78 is 39.5. The summed E-state index contributed by atoms with van der Waals surface area (Å²) in [6.45, 7) is 1.61. The molecule has 0 bridgehead atoms. The van der Waals surface area contributed by atoms with E-state index >= 15 is 0 Å². The molecule has 0 radical (unpaired) electrons. The number of aromatic nitrogens is 2. The molecule has 0 saturated heterocycles. The topological polar surface area (TPSA) is 66.3 Å². The van der Waals surface area contributed by atoms with Crippen LogP contribution in [0.3, 0.4) is 0 Å². The largest absolute Gasteiger partial charge is 0.481 e. The molecule has 4 rings (SSSR count). The van der Waals surface area contributed by atoms with E-state index in [2.05, 4.69) is 14.9 Å². The highest BCUT2D eigenvalue weighted by Gasteiger charge is 2.38. The Kier molecular flexibility index (Phi) is 7.86. The molecule has 2 saturated carbocycles. The molecule has 2 aliphatic rings. The molecule has 8 heteroatoms. The molecule has 1 aromatic carbocycles. The van der Waals surface area contributed by atoms with E-state index in [0.717, 1.165) is 42.6 Å². The fourth-order valence-electron chi connectivity index (χ4n) is 5.88. The number of carboxylic acids is 1. The number of carboxylic acid groups (broad SMARTS) is 1. The van der Waals surface area contributed by atoms with Crippen molar-refractivity contribution in [2.45, 2.75) is 76.0 Å². The van der Waals surface area contributed by atoms with Gasteiger partial charge in [0.1, 0.15) is 6.33 Å². The summed E-state index contributed by atoms with van der Waals surface area (Å²) in [7, 11) is 0. The van der Waals surface area contributed by atoms with Gasteiger partial charge in [0.2, 0.25) is 0 Å². The van der Waals surface area contributed by atoms with Crippen LogP contribution in [0.15, 0.2) is 43.0 Å². The van der Waals surface area contributed by atoms with Crippen molar-refractivity contribution >= 4 is 5.97 Å². The van der Waals surface area contributed by atoms with Crippen LogP contribution in [0.1, 0.15) is 74.0 Å². The van der Waals surface area contributed by atoms with Gasteiger partial charge in [-0.2, -0.15) is 13.2 Å². The van der Waals surface area contributed by atoms with E-state index < -0.39 is 17.7 Å². The fourth-order valence-corrected chi connectivity index (χ4v) is 5.88. The predicted molar refractivity (Wildman–Crippen MR) is 122 cm³/mol. The first kappa shape index (κ1) is 24.6. The highest BCUT2D eigenvalue weighted by Crippen LogP contribution is 2.42. The normalized spacial score (nSPS) is 23.9. The Balaban J connectivity index is 1.62. The van der Waals surface area contributed by atoms with Crippen LogP contribution in [0.25, 0.3) is 0 Å². The summed E-state index contributed by atoms with van der Waals surface area (Å²) in [5.41, 5.74) is 1.21. The van der Waals surface area contributed by atoms with Crippen LogP contribution in [0.2, 0.25) is 0 Å². The van der Waals surface area contributed by atoms with Crippen molar-refractivity contribution < 1.29 is 23.1 Å². The van der Waals surface area contributed by atoms with E-state index in [4.69, 9.17) is 0 Å². The maximum absolute atomic E-state index is 13.2. The number of hydrogen-bond donors (Lipinski definition) is 1. The molecule has 184 valence electrons. The zero-order chi connectivity index (χ0) is 24.1. The molecule has 2 fully saturated rings. The van der Waals surface area contributed by atoms with E-state index in [0.29, 0.717) is 18.9 Å². The van der Waals surface area contributed by atoms with Gasteiger partial charge >= 0.3 is 12.1 Å². The molecule has 2 aliphatic carbocycles. The Labute approximate surface area is 198 Å². The number of halogens is 3. The lowest BCUT2D eigenvalue weighted by Gasteiger charge is -2.43. The van der Waals surface area contributed by atoms with Crippen molar-refractivity contribution in [1.82, 2.24) is 14.9 Å². The van der Waals surface area contributed by atoms with Gasteiger partial charge in [-0.3, -0.25) is 9.69 Å². The minimum Gasteiger partial charge on any atom is -0.481 e. The lowest BCUT2D eigenvalue weighted by Crippen LogP contribution is -2.44. The Morgan fingerprint density at radius 1 is 1.00 bits per heavy atom. The first-order valence-corrected chi connectivity index (χ1v) is 12.2. The second kappa shape index (κ2) is 10.8. The highest BCUT2D eigenvalue weighted by atomic mass is 19.4. The molecule has 34 heavy (non-hydrogen) atoms. The summed E-state index contributed by atoms with van der Waals surface area (Å²) >= 11 is 0. The molecule has 0 spiro atoms. The van der Waals surface area contributed by atoms with E-state index in [1.165, 1.54) is 32.0 Å². The van der Waals surface area contributed by atoms with Gasteiger partial charge in [0, 0.05) is 43.5 Å². The molecule has 0 aliphatic heterocycles. The molecule has 0 amide bonds. The van der Waals surface area contributed by atoms with Crippen molar-refractivity contribution in [2.75, 3.05) is 6.54 Å². The van der Waals surface area contributed by atoms with E-state index in [9.17, 15) is 23.1 Å². The Morgan fingerprint density at radius 3 is 2.29 bits per heavy atom. The summed E-state index contributed by atoms with van der Waals surface area (Å²) in [5.74, 6) is -0.214. The number of rotatable bonds is 8. The molecule has 5 nitrogen and oxygen atoms in total. The quantitative estimate of drug-likeness (QED) is 0.514. The Hall–Kier alpha value is -2.48. The van der Waals surface area contributed by atoms with Crippen LogP contribution in [-0.4, -0.2) is 38.5 Å². The lowest BCUT2D eigenvalue weighted by atomic mass is 9.72. The van der Waals surface area contributed by atoms with Gasteiger partial charge < -0.3 is 5.11 Å². The third kappa shape index (κ3) is 6.34. The first-order valence-electron chi connectivity index (χ1n) is 12.2. The van der Waals surface area contributed by atoms with Crippen molar-refractivity contribution in [3.8, 4) is 0 Å². The van der Waals surface area contributed by atoms with Gasteiger partial charge in [-0.15, -0.1) is 0 Å². The maximum Gasteiger partial charge on any atom is 0.416 e. The second-order valence-corrected chi connectivity index (χ2v) is 9.90. The minimum absolute atomic E-state index is 0.0218. The van der Waals surface area contributed by atoms with Gasteiger partial charge in [0.15, 0.2) is 0 Å². The maximum atomic E-state index is 13.2. The van der Waals surface area contributed by atoms with Gasteiger partial charge in [-0.25, -0.2) is 9.97 Å². The number of benzene rings is 1. The van der Waals surface area contributed by atoms with Crippen LogP contribution < -0.4 is 0 Å². The molecule has 1 aromatic heterocycles. The molecule has 2 aromatic rings. The van der Waals surface area contributed by atoms with Gasteiger partial charge in [-0.05, 0) is 67.6 Å². The molecule has 1 heterocycles. The van der Waals surface area contributed by atoms with Crippen LogP contribution in [0.4, 0.5) is 13.2 Å². The Morgan fingerprint density at radius 2 is 1.68 bits per heavy atom. The summed E-state index contributed by atoms with van der Waals surface area (Å²) in [6, 6.07) is 5.60. The average Bonchev–Trinajstić information content (AvgIpc) is 3.32. The smallest absolute Gasteiger partial charge is 0.416 e. The van der Waals surface area contributed by atoms with Gasteiger partial charge in [-0.1, -0.05) is 25.0 Å².